The number of nitrogens with zero attached hydrogens (tertiary/aromatic N) is 4. The molecule has 6 heteroatoms. The fourth-order valence-corrected chi connectivity index (χ4v) is 4.16. The van der Waals surface area contributed by atoms with Gasteiger partial charge in [-0.3, -0.25) is 9.36 Å². The maximum absolute atomic E-state index is 11.5. The highest BCUT2D eigenvalue weighted by atomic mass is 16.1. The molecule has 1 amide bonds. The number of benzene rings is 2. The van der Waals surface area contributed by atoms with Crippen LogP contribution in [0.15, 0.2) is 72.9 Å². The minimum atomic E-state index is 0.0700. The summed E-state index contributed by atoms with van der Waals surface area (Å²) in [6, 6.07) is 22.2. The molecule has 1 atom stereocenters. The summed E-state index contributed by atoms with van der Waals surface area (Å²) in [4.78, 5) is 23.1. The fourth-order valence-electron chi connectivity index (χ4n) is 4.16. The van der Waals surface area contributed by atoms with Crippen molar-refractivity contribution in [1.29, 1.82) is 0 Å². The first-order chi connectivity index (χ1) is 14.8. The van der Waals surface area contributed by atoms with Gasteiger partial charge in [-0.1, -0.05) is 36.4 Å². The van der Waals surface area contributed by atoms with Gasteiger partial charge in [-0.2, -0.15) is 0 Å². The number of para-hydroxylation sites is 2. The van der Waals surface area contributed by atoms with Crippen molar-refractivity contribution in [2.75, 3.05) is 11.9 Å². The molecule has 4 aromatic rings. The van der Waals surface area contributed by atoms with Gasteiger partial charge in [-0.15, -0.1) is 0 Å². The first kappa shape index (κ1) is 18.4. The SMILES string of the molecule is O=CN1CCCCC1c1cnc2c(c1)nc(Nc1ccccc1)n2-c1ccccc1. The van der Waals surface area contributed by atoms with Crippen LogP contribution >= 0.6 is 0 Å². The molecule has 0 bridgehead atoms. The number of carbonyl (C=O) groups is 1. The molecule has 0 spiro atoms. The third-order valence-electron chi connectivity index (χ3n) is 5.63. The van der Waals surface area contributed by atoms with Crippen LogP contribution in [0.4, 0.5) is 11.6 Å². The minimum absolute atomic E-state index is 0.0700. The van der Waals surface area contributed by atoms with E-state index in [2.05, 4.69) is 11.4 Å². The molecule has 0 aliphatic carbocycles. The summed E-state index contributed by atoms with van der Waals surface area (Å²) in [6.45, 7) is 0.797. The Kier molecular flexibility index (Phi) is 4.89. The number of imidazole rings is 1. The molecular formula is C24H23N5O. The molecule has 3 heterocycles. The maximum Gasteiger partial charge on any atom is 0.214 e. The number of amides is 1. The van der Waals surface area contributed by atoms with Crippen molar-refractivity contribution in [1.82, 2.24) is 19.4 Å². The number of hydrogen-bond acceptors (Lipinski definition) is 4. The quantitative estimate of drug-likeness (QED) is 0.489. The van der Waals surface area contributed by atoms with Crippen LogP contribution in [0, 0.1) is 0 Å². The summed E-state index contributed by atoms with van der Waals surface area (Å²) in [7, 11) is 0. The molecule has 0 radical (unpaired) electrons. The molecule has 150 valence electrons. The Morgan fingerprint density at radius 2 is 1.77 bits per heavy atom. The number of hydrogen-bond donors (Lipinski definition) is 1. The van der Waals surface area contributed by atoms with Gasteiger partial charge in [-0.25, -0.2) is 9.97 Å². The van der Waals surface area contributed by atoms with E-state index in [1.165, 1.54) is 0 Å². The molecule has 1 fully saturated rings. The van der Waals surface area contributed by atoms with Crippen molar-refractivity contribution < 1.29 is 4.79 Å². The van der Waals surface area contributed by atoms with Gasteiger partial charge in [0, 0.05) is 18.4 Å². The molecule has 0 saturated carbocycles. The standard InChI is InChI=1S/C24H23N5O/c30-17-28-14-8-7-13-22(28)18-15-21-23(25-16-18)29(20-11-5-2-6-12-20)24(27-21)26-19-9-3-1-4-10-19/h1-6,9-12,15-17,22H,7-8,13-14H2,(H,26,27). The van der Waals surface area contributed by atoms with Crippen molar-refractivity contribution in [2.45, 2.75) is 25.3 Å². The summed E-state index contributed by atoms with van der Waals surface area (Å²) in [5, 5.41) is 3.42. The molecule has 1 saturated heterocycles. The zero-order chi connectivity index (χ0) is 20.3. The molecule has 1 aliphatic rings. The van der Waals surface area contributed by atoms with Gasteiger partial charge in [0.05, 0.1) is 11.7 Å². The lowest BCUT2D eigenvalue weighted by Crippen LogP contribution is -2.32. The zero-order valence-corrected chi connectivity index (χ0v) is 16.6. The Labute approximate surface area is 175 Å². The van der Waals surface area contributed by atoms with Crippen molar-refractivity contribution >= 4 is 29.2 Å². The van der Waals surface area contributed by atoms with Gasteiger partial charge in [0.1, 0.15) is 5.52 Å². The van der Waals surface area contributed by atoms with E-state index in [0.717, 1.165) is 60.3 Å². The third-order valence-corrected chi connectivity index (χ3v) is 5.63. The normalized spacial score (nSPS) is 16.5. The number of likely N-dealkylation sites (tertiary alicyclic amines) is 1. The number of rotatable bonds is 5. The highest BCUT2D eigenvalue weighted by molar-refractivity contribution is 5.79. The lowest BCUT2D eigenvalue weighted by atomic mass is 9.97. The van der Waals surface area contributed by atoms with Gasteiger partial charge < -0.3 is 10.2 Å². The number of aromatic nitrogens is 3. The Morgan fingerprint density at radius 3 is 2.53 bits per heavy atom. The number of anilines is 2. The van der Waals surface area contributed by atoms with Gasteiger partial charge in [-0.05, 0) is 55.2 Å². The second-order valence-electron chi connectivity index (χ2n) is 7.56. The zero-order valence-electron chi connectivity index (χ0n) is 16.6. The molecular weight excluding hydrogens is 374 g/mol. The molecule has 30 heavy (non-hydrogen) atoms. The number of fused-ring (bicyclic) bond motifs is 1. The van der Waals surface area contributed by atoms with Crippen LogP contribution in [0.5, 0.6) is 0 Å². The molecule has 1 N–H and O–H groups in total. The van der Waals surface area contributed by atoms with E-state index in [1.807, 2.05) is 76.3 Å². The molecule has 6 nitrogen and oxygen atoms in total. The Hall–Kier alpha value is -3.67. The van der Waals surface area contributed by atoms with Crippen LogP contribution in [-0.2, 0) is 4.79 Å². The van der Waals surface area contributed by atoms with E-state index in [4.69, 9.17) is 9.97 Å². The summed E-state index contributed by atoms with van der Waals surface area (Å²) in [5.74, 6) is 0.711. The van der Waals surface area contributed by atoms with Crippen LogP contribution < -0.4 is 5.32 Å². The molecule has 1 unspecified atom stereocenters. The molecule has 1 aliphatic heterocycles. The lowest BCUT2D eigenvalue weighted by molar-refractivity contribution is -0.121. The van der Waals surface area contributed by atoms with Crippen molar-refractivity contribution in [3.05, 3.63) is 78.5 Å². The summed E-state index contributed by atoms with van der Waals surface area (Å²) in [6.07, 6.45) is 5.98. The van der Waals surface area contributed by atoms with Gasteiger partial charge in [0.25, 0.3) is 0 Å². The second-order valence-corrected chi connectivity index (χ2v) is 7.56. The number of carbonyl (C=O) groups excluding carboxylic acids is 1. The largest absolute Gasteiger partial charge is 0.338 e. The average molecular weight is 397 g/mol. The monoisotopic (exact) mass is 397 g/mol. The van der Waals surface area contributed by atoms with Crippen molar-refractivity contribution in [3.8, 4) is 5.69 Å². The number of pyridine rings is 1. The predicted molar refractivity (Wildman–Crippen MR) is 118 cm³/mol. The highest BCUT2D eigenvalue weighted by Crippen LogP contribution is 2.32. The van der Waals surface area contributed by atoms with Crippen molar-refractivity contribution in [2.24, 2.45) is 0 Å². The van der Waals surface area contributed by atoms with Crippen LogP contribution in [-0.4, -0.2) is 32.4 Å². The fraction of sp³-hybridized carbons (Fsp3) is 0.208. The number of piperidine rings is 1. The minimum Gasteiger partial charge on any atom is -0.338 e. The highest BCUT2D eigenvalue weighted by Gasteiger charge is 2.24. The van der Waals surface area contributed by atoms with E-state index in [-0.39, 0.29) is 6.04 Å². The van der Waals surface area contributed by atoms with Crippen molar-refractivity contribution in [3.63, 3.8) is 0 Å². The first-order valence-corrected chi connectivity index (χ1v) is 10.3. The molecule has 2 aromatic carbocycles. The van der Waals surface area contributed by atoms with Crippen LogP contribution in [0.3, 0.4) is 0 Å². The first-order valence-electron chi connectivity index (χ1n) is 10.3. The van der Waals surface area contributed by atoms with Crippen LogP contribution in [0.2, 0.25) is 0 Å². The Balaban J connectivity index is 1.62. The van der Waals surface area contributed by atoms with Crippen LogP contribution in [0.1, 0.15) is 30.9 Å². The smallest absolute Gasteiger partial charge is 0.214 e. The van der Waals surface area contributed by atoms with E-state index >= 15 is 0 Å². The second kappa shape index (κ2) is 7.99. The van der Waals surface area contributed by atoms with Gasteiger partial charge in [0.15, 0.2) is 5.65 Å². The van der Waals surface area contributed by atoms with Crippen LogP contribution in [0.25, 0.3) is 16.9 Å². The van der Waals surface area contributed by atoms with E-state index in [1.54, 1.807) is 0 Å². The van der Waals surface area contributed by atoms with E-state index in [0.29, 0.717) is 5.95 Å². The third kappa shape index (κ3) is 3.41. The van der Waals surface area contributed by atoms with Gasteiger partial charge >= 0.3 is 0 Å². The molecule has 2 aromatic heterocycles. The predicted octanol–water partition coefficient (Wildman–Crippen LogP) is 4.85. The average Bonchev–Trinajstić information content (AvgIpc) is 3.17. The van der Waals surface area contributed by atoms with E-state index < -0.39 is 0 Å². The molecule has 5 rings (SSSR count). The summed E-state index contributed by atoms with van der Waals surface area (Å²) in [5.41, 5.74) is 4.59. The lowest BCUT2D eigenvalue weighted by Gasteiger charge is -2.32. The maximum atomic E-state index is 11.5. The van der Waals surface area contributed by atoms with Gasteiger partial charge in [0.2, 0.25) is 12.4 Å². The number of nitrogens with one attached hydrogen (secondary N) is 1. The summed E-state index contributed by atoms with van der Waals surface area (Å²) >= 11 is 0. The Morgan fingerprint density at radius 1 is 1.00 bits per heavy atom. The van der Waals surface area contributed by atoms with E-state index in [9.17, 15) is 4.79 Å². The Bertz CT molecular complexity index is 1160. The topological polar surface area (TPSA) is 63.1 Å². The summed E-state index contributed by atoms with van der Waals surface area (Å²) < 4.78 is 2.03.